The van der Waals surface area contributed by atoms with Gasteiger partial charge in [0.1, 0.15) is 6.07 Å². The van der Waals surface area contributed by atoms with Crippen molar-refractivity contribution in [3.8, 4) is 6.07 Å². The van der Waals surface area contributed by atoms with E-state index < -0.39 is 17.6 Å². The molecule has 0 bridgehead atoms. The highest BCUT2D eigenvalue weighted by atomic mass is 19.4. The lowest BCUT2D eigenvalue weighted by Gasteiger charge is -2.08. The lowest BCUT2D eigenvalue weighted by Crippen LogP contribution is -2.06. The van der Waals surface area contributed by atoms with Crippen LogP contribution in [0.4, 0.5) is 18.9 Å². The van der Waals surface area contributed by atoms with Gasteiger partial charge in [-0.25, -0.2) is 0 Å². The molecule has 0 saturated carbocycles. The molecule has 3 rings (SSSR count). The molecule has 3 nitrogen and oxygen atoms in total. The van der Waals surface area contributed by atoms with Crippen LogP contribution in [-0.2, 0) is 11.0 Å². The monoisotopic (exact) mass is 314 g/mol. The highest BCUT2D eigenvalue weighted by molar-refractivity contribution is 6.38. The molecule has 0 aromatic heterocycles. The SMILES string of the molecule is N#C/C(=C1\C(=O)Nc2ccccc21)c1ccc(C(F)(F)F)cc1. The molecule has 0 saturated heterocycles. The van der Waals surface area contributed by atoms with Crippen LogP contribution in [0.5, 0.6) is 0 Å². The Bertz CT molecular complexity index is 859. The van der Waals surface area contributed by atoms with Crippen LogP contribution in [0.15, 0.2) is 48.5 Å². The molecule has 2 aromatic rings. The van der Waals surface area contributed by atoms with E-state index in [0.29, 0.717) is 11.3 Å². The van der Waals surface area contributed by atoms with Gasteiger partial charge in [0, 0.05) is 11.3 Å². The summed E-state index contributed by atoms with van der Waals surface area (Å²) in [6.07, 6.45) is -4.45. The number of nitriles is 1. The van der Waals surface area contributed by atoms with Gasteiger partial charge < -0.3 is 5.32 Å². The molecule has 0 spiro atoms. The molecule has 114 valence electrons. The van der Waals surface area contributed by atoms with Gasteiger partial charge in [0.25, 0.3) is 5.91 Å². The molecule has 0 aliphatic carbocycles. The molecule has 1 aliphatic rings. The van der Waals surface area contributed by atoms with Crippen molar-refractivity contribution >= 4 is 22.7 Å². The average Bonchev–Trinajstić information content (AvgIpc) is 2.84. The van der Waals surface area contributed by atoms with E-state index in [9.17, 15) is 23.2 Å². The molecule has 6 heteroatoms. The summed E-state index contributed by atoms with van der Waals surface area (Å²) in [5, 5.41) is 12.0. The van der Waals surface area contributed by atoms with Crippen LogP contribution in [-0.4, -0.2) is 5.91 Å². The maximum absolute atomic E-state index is 12.6. The maximum Gasteiger partial charge on any atom is 0.416 e. The van der Waals surface area contributed by atoms with Crippen molar-refractivity contribution in [1.82, 2.24) is 0 Å². The highest BCUT2D eigenvalue weighted by Gasteiger charge is 2.31. The minimum absolute atomic E-state index is 0.0428. The van der Waals surface area contributed by atoms with Crippen LogP contribution in [0.25, 0.3) is 11.1 Å². The van der Waals surface area contributed by atoms with E-state index in [-0.39, 0.29) is 16.7 Å². The van der Waals surface area contributed by atoms with Crippen LogP contribution in [0, 0.1) is 11.3 Å². The first kappa shape index (κ1) is 14.9. The average molecular weight is 314 g/mol. The number of nitrogens with zero attached hydrogens (tertiary/aromatic N) is 1. The Morgan fingerprint density at radius 3 is 2.30 bits per heavy atom. The fourth-order valence-electron chi connectivity index (χ4n) is 2.46. The fourth-order valence-corrected chi connectivity index (χ4v) is 2.46. The van der Waals surface area contributed by atoms with Gasteiger partial charge in [-0.3, -0.25) is 4.79 Å². The second-order valence-corrected chi connectivity index (χ2v) is 4.94. The van der Waals surface area contributed by atoms with Crippen LogP contribution >= 0.6 is 0 Å². The van der Waals surface area contributed by atoms with Crippen molar-refractivity contribution in [3.05, 3.63) is 65.2 Å². The third-order valence-corrected chi connectivity index (χ3v) is 3.53. The summed E-state index contributed by atoms with van der Waals surface area (Å²) >= 11 is 0. The van der Waals surface area contributed by atoms with E-state index in [4.69, 9.17) is 0 Å². The van der Waals surface area contributed by atoms with Gasteiger partial charge >= 0.3 is 6.18 Å². The first-order chi connectivity index (χ1) is 10.9. The predicted molar refractivity (Wildman–Crippen MR) is 78.9 cm³/mol. The third kappa shape index (κ3) is 2.57. The number of halogens is 3. The number of rotatable bonds is 1. The van der Waals surface area contributed by atoms with E-state index in [1.807, 2.05) is 6.07 Å². The quantitative estimate of drug-likeness (QED) is 0.636. The summed E-state index contributed by atoms with van der Waals surface area (Å²) in [6.45, 7) is 0. The highest BCUT2D eigenvalue weighted by Crippen LogP contribution is 2.37. The number of carbonyl (C=O) groups is 1. The third-order valence-electron chi connectivity index (χ3n) is 3.53. The maximum atomic E-state index is 12.6. The van der Waals surface area contributed by atoms with Crippen molar-refractivity contribution in [1.29, 1.82) is 5.26 Å². The lowest BCUT2D eigenvalue weighted by atomic mass is 9.95. The zero-order valence-corrected chi connectivity index (χ0v) is 11.6. The predicted octanol–water partition coefficient (Wildman–Crippen LogP) is 4.09. The molecule has 1 N–H and O–H groups in total. The van der Waals surface area contributed by atoms with Gasteiger partial charge in [-0.05, 0) is 23.8 Å². The Morgan fingerprint density at radius 2 is 1.70 bits per heavy atom. The van der Waals surface area contributed by atoms with Crippen LogP contribution < -0.4 is 5.32 Å². The molecule has 0 atom stereocenters. The number of benzene rings is 2. The molecule has 0 fully saturated rings. The topological polar surface area (TPSA) is 52.9 Å². The number of carbonyl (C=O) groups excluding carboxylic acids is 1. The minimum atomic E-state index is -4.45. The Hall–Kier alpha value is -3.07. The molecule has 23 heavy (non-hydrogen) atoms. The second kappa shape index (κ2) is 5.29. The normalized spacial score (nSPS) is 15.7. The zero-order valence-electron chi connectivity index (χ0n) is 11.6. The number of nitrogens with one attached hydrogen (secondary N) is 1. The zero-order chi connectivity index (χ0) is 16.6. The molecule has 0 radical (unpaired) electrons. The molecule has 1 aliphatic heterocycles. The van der Waals surface area contributed by atoms with E-state index in [0.717, 1.165) is 12.1 Å². The number of fused-ring (bicyclic) bond motifs is 1. The standard InChI is InChI=1S/C17H9F3N2O/c18-17(19,20)11-7-5-10(6-8-11)13(9-21)15-12-3-1-2-4-14(12)22-16(15)23/h1-8H,(H,22,23)/b15-13+. The summed E-state index contributed by atoms with van der Waals surface area (Å²) in [5.41, 5.74) is 0.812. The van der Waals surface area contributed by atoms with E-state index in [1.165, 1.54) is 12.1 Å². The first-order valence-electron chi connectivity index (χ1n) is 6.64. The number of hydrogen-bond donors (Lipinski definition) is 1. The summed E-state index contributed by atoms with van der Waals surface area (Å²) < 4.78 is 37.9. The number of anilines is 1. The summed E-state index contributed by atoms with van der Waals surface area (Å²) in [7, 11) is 0. The van der Waals surface area contributed by atoms with Gasteiger partial charge in [0.2, 0.25) is 0 Å². The van der Waals surface area contributed by atoms with Crippen LogP contribution in [0.2, 0.25) is 0 Å². The first-order valence-corrected chi connectivity index (χ1v) is 6.64. The van der Waals surface area contributed by atoms with Crippen molar-refractivity contribution in [2.45, 2.75) is 6.18 Å². The van der Waals surface area contributed by atoms with E-state index in [1.54, 1.807) is 24.3 Å². The van der Waals surface area contributed by atoms with E-state index >= 15 is 0 Å². The number of allylic oxidation sites excluding steroid dienone is 1. The van der Waals surface area contributed by atoms with Gasteiger partial charge in [0.05, 0.1) is 16.7 Å². The molecule has 1 amide bonds. The Balaban J connectivity index is 2.14. The van der Waals surface area contributed by atoms with E-state index in [2.05, 4.69) is 5.32 Å². The van der Waals surface area contributed by atoms with Crippen molar-refractivity contribution < 1.29 is 18.0 Å². The van der Waals surface area contributed by atoms with Gasteiger partial charge in [-0.15, -0.1) is 0 Å². The number of alkyl halides is 3. The van der Waals surface area contributed by atoms with Gasteiger partial charge in [-0.2, -0.15) is 18.4 Å². The smallest absolute Gasteiger partial charge is 0.321 e. The number of amides is 1. The molecule has 1 heterocycles. The summed E-state index contributed by atoms with van der Waals surface area (Å²) in [4.78, 5) is 12.1. The van der Waals surface area contributed by atoms with Gasteiger partial charge in [-0.1, -0.05) is 30.3 Å². The fraction of sp³-hybridized carbons (Fsp3) is 0.0588. The Kier molecular flexibility index (Phi) is 3.41. The number of para-hydroxylation sites is 1. The number of hydrogen-bond acceptors (Lipinski definition) is 2. The van der Waals surface area contributed by atoms with Crippen molar-refractivity contribution in [2.75, 3.05) is 5.32 Å². The van der Waals surface area contributed by atoms with Gasteiger partial charge in [0.15, 0.2) is 0 Å². The summed E-state index contributed by atoms with van der Waals surface area (Å²) in [5.74, 6) is -0.442. The minimum Gasteiger partial charge on any atom is -0.321 e. The molecule has 0 unspecified atom stereocenters. The summed E-state index contributed by atoms with van der Waals surface area (Å²) in [6, 6.07) is 13.0. The van der Waals surface area contributed by atoms with Crippen molar-refractivity contribution in [2.24, 2.45) is 0 Å². The second-order valence-electron chi connectivity index (χ2n) is 4.94. The molecule has 2 aromatic carbocycles. The van der Waals surface area contributed by atoms with Crippen LogP contribution in [0.1, 0.15) is 16.7 Å². The lowest BCUT2D eigenvalue weighted by molar-refractivity contribution is -0.137. The van der Waals surface area contributed by atoms with Crippen LogP contribution in [0.3, 0.4) is 0 Å². The Labute approximate surface area is 129 Å². The molecular weight excluding hydrogens is 305 g/mol. The van der Waals surface area contributed by atoms with Crippen molar-refractivity contribution in [3.63, 3.8) is 0 Å². The Morgan fingerprint density at radius 1 is 1.04 bits per heavy atom. The largest absolute Gasteiger partial charge is 0.416 e. The molecular formula is C17H9F3N2O.